The molecule has 19 heavy (non-hydrogen) atoms. The van der Waals surface area contributed by atoms with Gasteiger partial charge in [-0.15, -0.1) is 11.3 Å². The number of hydrogen-bond donors (Lipinski definition) is 2. The van der Waals surface area contributed by atoms with Gasteiger partial charge in [-0.1, -0.05) is 20.8 Å². The summed E-state index contributed by atoms with van der Waals surface area (Å²) < 4.78 is 0. The molecule has 0 saturated heterocycles. The monoisotopic (exact) mass is 278 g/mol. The van der Waals surface area contributed by atoms with Gasteiger partial charge in [0.2, 0.25) is 0 Å². The summed E-state index contributed by atoms with van der Waals surface area (Å²) in [7, 11) is 0. The van der Waals surface area contributed by atoms with Crippen LogP contribution in [0.1, 0.15) is 49.7 Å². The number of carbonyl (C=O) groups excluding carboxylic acids is 1. The van der Waals surface area contributed by atoms with Crippen LogP contribution >= 0.6 is 11.3 Å². The summed E-state index contributed by atoms with van der Waals surface area (Å²) >= 11 is 1.42. The number of fused-ring (bicyclic) bond motifs is 2. The van der Waals surface area contributed by atoms with Crippen LogP contribution in [0.3, 0.4) is 0 Å². The Morgan fingerprint density at radius 1 is 1.47 bits per heavy atom. The van der Waals surface area contributed by atoms with Gasteiger partial charge >= 0.3 is 0 Å². The average molecular weight is 278 g/mol. The highest BCUT2D eigenvalue weighted by molar-refractivity contribution is 7.12. The zero-order chi connectivity index (χ0) is 13.8. The lowest BCUT2D eigenvalue weighted by Gasteiger charge is -2.39. The molecule has 2 aliphatic carbocycles. The minimum absolute atomic E-state index is 0.00192. The van der Waals surface area contributed by atoms with E-state index in [1.807, 2.05) is 5.38 Å². The molecule has 2 fully saturated rings. The van der Waals surface area contributed by atoms with Crippen LogP contribution in [0.5, 0.6) is 0 Å². The second kappa shape index (κ2) is 3.98. The summed E-state index contributed by atoms with van der Waals surface area (Å²) in [5, 5.41) is 5.11. The van der Waals surface area contributed by atoms with Crippen LogP contribution < -0.4 is 11.1 Å². The van der Waals surface area contributed by atoms with Gasteiger partial charge in [0, 0.05) is 6.04 Å². The van der Waals surface area contributed by atoms with Crippen molar-refractivity contribution in [3.8, 4) is 0 Å². The Kier molecular flexibility index (Phi) is 2.72. The molecule has 2 aliphatic rings. The van der Waals surface area contributed by atoms with Crippen molar-refractivity contribution in [1.29, 1.82) is 0 Å². The third kappa shape index (κ3) is 1.65. The molecule has 3 nitrogen and oxygen atoms in total. The van der Waals surface area contributed by atoms with Gasteiger partial charge in [0.25, 0.3) is 5.91 Å². The predicted molar refractivity (Wildman–Crippen MR) is 79.2 cm³/mol. The van der Waals surface area contributed by atoms with E-state index in [-0.39, 0.29) is 17.4 Å². The maximum absolute atomic E-state index is 12.3. The molecular weight excluding hydrogens is 256 g/mol. The first-order valence-electron chi connectivity index (χ1n) is 7.00. The topological polar surface area (TPSA) is 55.1 Å². The highest BCUT2D eigenvalue weighted by atomic mass is 32.1. The molecule has 2 saturated carbocycles. The van der Waals surface area contributed by atoms with Gasteiger partial charge in [-0.25, -0.2) is 0 Å². The molecule has 1 aromatic rings. The molecule has 0 aliphatic heterocycles. The fourth-order valence-corrected chi connectivity index (χ4v) is 4.87. The average Bonchev–Trinajstić information content (AvgIpc) is 2.90. The number of hydrogen-bond acceptors (Lipinski definition) is 3. The Balaban J connectivity index is 1.79. The Hall–Kier alpha value is -1.03. The van der Waals surface area contributed by atoms with E-state index in [4.69, 9.17) is 5.73 Å². The summed E-state index contributed by atoms with van der Waals surface area (Å²) in [4.78, 5) is 13.0. The number of rotatable bonds is 2. The molecular formula is C15H22N2OS. The predicted octanol–water partition coefficient (Wildman–Crippen LogP) is 3.27. The Bertz CT molecular complexity index is 522. The van der Waals surface area contributed by atoms with Crippen molar-refractivity contribution in [3.63, 3.8) is 0 Å². The third-order valence-electron chi connectivity index (χ3n) is 6.00. The molecule has 3 N–H and O–H groups in total. The SMILES string of the molecule is CC1(C)C2CCC1(C)C(NC(=O)c1sccc1N)C2. The van der Waals surface area contributed by atoms with Gasteiger partial charge in [0.15, 0.2) is 0 Å². The van der Waals surface area contributed by atoms with E-state index in [9.17, 15) is 4.79 Å². The van der Waals surface area contributed by atoms with Crippen LogP contribution in [-0.2, 0) is 0 Å². The second-order valence-corrected chi connectivity index (χ2v) is 7.76. The van der Waals surface area contributed by atoms with Crippen molar-refractivity contribution in [2.75, 3.05) is 5.73 Å². The van der Waals surface area contributed by atoms with Gasteiger partial charge in [-0.05, 0) is 47.5 Å². The molecule has 1 heterocycles. The van der Waals surface area contributed by atoms with Crippen LogP contribution in [0.4, 0.5) is 5.69 Å². The molecule has 3 atom stereocenters. The third-order valence-corrected chi connectivity index (χ3v) is 6.93. The first kappa shape index (κ1) is 13.0. The Morgan fingerprint density at radius 2 is 2.21 bits per heavy atom. The van der Waals surface area contributed by atoms with Crippen LogP contribution in [0.15, 0.2) is 11.4 Å². The smallest absolute Gasteiger partial charge is 0.263 e. The number of nitrogens with two attached hydrogens (primary N) is 1. The van der Waals surface area contributed by atoms with Crippen molar-refractivity contribution < 1.29 is 4.79 Å². The molecule has 3 rings (SSSR count). The fraction of sp³-hybridized carbons (Fsp3) is 0.667. The van der Waals surface area contributed by atoms with E-state index in [0.29, 0.717) is 16.0 Å². The minimum atomic E-state index is 0.00192. The lowest BCUT2D eigenvalue weighted by atomic mass is 9.69. The van der Waals surface area contributed by atoms with E-state index in [0.717, 1.165) is 12.3 Å². The summed E-state index contributed by atoms with van der Waals surface area (Å²) in [5.41, 5.74) is 6.97. The number of anilines is 1. The number of amides is 1. The molecule has 2 bridgehead atoms. The fourth-order valence-electron chi connectivity index (χ4n) is 4.15. The molecule has 0 spiro atoms. The van der Waals surface area contributed by atoms with Crippen LogP contribution in [-0.4, -0.2) is 11.9 Å². The Morgan fingerprint density at radius 3 is 2.68 bits per heavy atom. The van der Waals surface area contributed by atoms with E-state index in [1.54, 1.807) is 6.07 Å². The summed E-state index contributed by atoms with van der Waals surface area (Å²) in [5.74, 6) is 0.741. The molecule has 1 amide bonds. The van der Waals surface area contributed by atoms with Gasteiger partial charge in [-0.2, -0.15) is 0 Å². The molecule has 104 valence electrons. The van der Waals surface area contributed by atoms with Crippen LogP contribution in [0.2, 0.25) is 0 Å². The number of carbonyl (C=O) groups is 1. The highest BCUT2D eigenvalue weighted by Gasteiger charge is 2.61. The first-order chi connectivity index (χ1) is 8.86. The summed E-state index contributed by atoms with van der Waals surface area (Å²) in [6.45, 7) is 7.05. The zero-order valence-electron chi connectivity index (χ0n) is 11.8. The van der Waals surface area contributed by atoms with Gasteiger partial charge in [0.1, 0.15) is 4.88 Å². The van der Waals surface area contributed by atoms with E-state index in [2.05, 4.69) is 26.1 Å². The zero-order valence-corrected chi connectivity index (χ0v) is 12.6. The molecule has 3 unspecified atom stereocenters. The lowest BCUT2D eigenvalue weighted by molar-refractivity contribution is 0.0830. The second-order valence-electron chi connectivity index (χ2n) is 6.84. The maximum Gasteiger partial charge on any atom is 0.263 e. The highest BCUT2D eigenvalue weighted by Crippen LogP contribution is 2.65. The van der Waals surface area contributed by atoms with E-state index in [1.165, 1.54) is 24.2 Å². The number of nitrogens with one attached hydrogen (secondary N) is 1. The molecule has 1 aromatic heterocycles. The lowest BCUT2D eigenvalue weighted by Crippen LogP contribution is -2.46. The van der Waals surface area contributed by atoms with Crippen LogP contribution in [0, 0.1) is 16.7 Å². The van der Waals surface area contributed by atoms with Crippen LogP contribution in [0.25, 0.3) is 0 Å². The molecule has 0 radical (unpaired) electrons. The van der Waals surface area contributed by atoms with Gasteiger partial charge in [-0.3, -0.25) is 4.79 Å². The van der Waals surface area contributed by atoms with Crippen molar-refractivity contribution >= 4 is 22.9 Å². The van der Waals surface area contributed by atoms with Crippen molar-refractivity contribution in [2.45, 2.75) is 46.1 Å². The van der Waals surface area contributed by atoms with Gasteiger partial charge in [0.05, 0.1) is 5.69 Å². The van der Waals surface area contributed by atoms with Crippen molar-refractivity contribution in [2.24, 2.45) is 16.7 Å². The molecule has 4 heteroatoms. The molecule has 0 aromatic carbocycles. The van der Waals surface area contributed by atoms with Gasteiger partial charge < -0.3 is 11.1 Å². The maximum atomic E-state index is 12.3. The quantitative estimate of drug-likeness (QED) is 0.872. The van der Waals surface area contributed by atoms with Crippen molar-refractivity contribution in [3.05, 3.63) is 16.3 Å². The largest absolute Gasteiger partial charge is 0.397 e. The summed E-state index contributed by atoms with van der Waals surface area (Å²) in [6, 6.07) is 2.08. The van der Waals surface area contributed by atoms with E-state index < -0.39 is 0 Å². The van der Waals surface area contributed by atoms with E-state index >= 15 is 0 Å². The van der Waals surface area contributed by atoms with Crippen molar-refractivity contribution in [1.82, 2.24) is 5.32 Å². The first-order valence-corrected chi connectivity index (χ1v) is 7.88. The number of thiophene rings is 1. The normalized spacial score (nSPS) is 35.5. The minimum Gasteiger partial charge on any atom is -0.397 e. The summed E-state index contributed by atoms with van der Waals surface area (Å²) in [6.07, 6.45) is 3.63. The standard InChI is InChI=1S/C15H22N2OS/c1-14(2)9-4-6-15(14,3)11(8-9)17-13(18)12-10(16)5-7-19-12/h5,7,9,11H,4,6,8,16H2,1-3H3,(H,17,18). The Labute approximate surface area is 118 Å². The number of nitrogen functional groups attached to an aromatic ring is 1.